The summed E-state index contributed by atoms with van der Waals surface area (Å²) in [6, 6.07) is 7.78. The van der Waals surface area contributed by atoms with Crippen molar-refractivity contribution < 1.29 is 4.79 Å². The van der Waals surface area contributed by atoms with Crippen LogP contribution in [-0.4, -0.2) is 12.3 Å². The van der Waals surface area contributed by atoms with Gasteiger partial charge in [-0.3, -0.25) is 4.79 Å². The van der Waals surface area contributed by atoms with E-state index in [1.165, 1.54) is 0 Å². The van der Waals surface area contributed by atoms with Crippen LogP contribution in [-0.2, 0) is 4.79 Å². The molecule has 0 fully saturated rings. The van der Waals surface area contributed by atoms with Crippen molar-refractivity contribution in [2.24, 2.45) is 0 Å². The number of allylic oxidation sites excluding steroid dienone is 2. The molecule has 0 atom stereocenters. The molecule has 1 rings (SSSR count). The molecule has 0 aromatic heterocycles. The molecule has 0 saturated heterocycles. The Balaban J connectivity index is 3.23. The monoisotopic (exact) mass is 281 g/mol. The molecule has 0 unspecified atom stereocenters. The summed E-state index contributed by atoms with van der Waals surface area (Å²) < 4.78 is 0.980. The predicted molar refractivity (Wildman–Crippen MR) is 71.1 cm³/mol. The highest BCUT2D eigenvalue weighted by Gasteiger charge is 2.10. The maximum Gasteiger partial charge on any atom is 0.162 e. The van der Waals surface area contributed by atoms with Gasteiger partial charge in [-0.15, -0.1) is 0 Å². The molecule has 0 spiro atoms. The second-order valence-corrected chi connectivity index (χ2v) is 4.51. The maximum atomic E-state index is 11.7. The molecule has 1 aromatic rings. The number of benzene rings is 1. The summed E-state index contributed by atoms with van der Waals surface area (Å²) in [5, 5.41) is 3.19. The third-order valence-corrected chi connectivity index (χ3v) is 2.78. The summed E-state index contributed by atoms with van der Waals surface area (Å²) in [5.74, 6) is 0.0801. The van der Waals surface area contributed by atoms with Crippen LogP contribution in [0.4, 0.5) is 0 Å². The van der Waals surface area contributed by atoms with Crippen LogP contribution in [0.5, 0.6) is 0 Å². The Morgan fingerprint density at radius 3 is 2.56 bits per heavy atom. The number of carbonyl (C=O) groups excluding carboxylic acids is 1. The molecule has 86 valence electrons. The lowest BCUT2D eigenvalue weighted by Gasteiger charge is -2.11. The molecule has 2 nitrogen and oxygen atoms in total. The molecule has 0 aliphatic carbocycles. The van der Waals surface area contributed by atoms with E-state index in [2.05, 4.69) is 21.2 Å². The molecule has 0 saturated carbocycles. The van der Waals surface area contributed by atoms with Crippen LogP contribution < -0.4 is 5.32 Å². The molecule has 0 aliphatic rings. The second-order valence-electron chi connectivity index (χ2n) is 3.60. The Hall–Kier alpha value is -1.09. The summed E-state index contributed by atoms with van der Waals surface area (Å²) in [5.41, 5.74) is 2.62. The summed E-state index contributed by atoms with van der Waals surface area (Å²) in [4.78, 5) is 11.7. The highest BCUT2D eigenvalue weighted by atomic mass is 79.9. The third-order valence-electron chi connectivity index (χ3n) is 2.28. The van der Waals surface area contributed by atoms with Crippen LogP contribution in [0.15, 0.2) is 34.4 Å². The summed E-state index contributed by atoms with van der Waals surface area (Å²) in [6.07, 6.45) is 0. The lowest BCUT2D eigenvalue weighted by atomic mass is 10.0. The van der Waals surface area contributed by atoms with Gasteiger partial charge >= 0.3 is 0 Å². The van der Waals surface area contributed by atoms with Crippen molar-refractivity contribution in [3.63, 3.8) is 0 Å². The highest BCUT2D eigenvalue weighted by Crippen LogP contribution is 2.22. The number of nitrogens with one attached hydrogen (secondary N) is 1. The quantitative estimate of drug-likeness (QED) is 0.858. The van der Waals surface area contributed by atoms with Crippen LogP contribution in [0.1, 0.15) is 26.3 Å². The van der Waals surface area contributed by atoms with Crippen LogP contribution >= 0.6 is 15.9 Å². The number of hydrogen-bond acceptors (Lipinski definition) is 2. The van der Waals surface area contributed by atoms with Crippen molar-refractivity contribution in [1.82, 2.24) is 5.32 Å². The van der Waals surface area contributed by atoms with E-state index in [1.54, 1.807) is 6.92 Å². The van der Waals surface area contributed by atoms with E-state index in [0.717, 1.165) is 27.9 Å². The van der Waals surface area contributed by atoms with Gasteiger partial charge in [0.2, 0.25) is 0 Å². The molecular weight excluding hydrogens is 266 g/mol. The SMILES string of the molecule is CCN/C(C)=C(/C(C)=O)c1cccc(Br)c1. The Bertz CT molecular complexity index is 424. The number of Topliss-reactive ketones (excluding diaryl/α,β-unsaturated/α-hetero) is 1. The van der Waals surface area contributed by atoms with Crippen LogP contribution in [0, 0.1) is 0 Å². The van der Waals surface area contributed by atoms with E-state index in [4.69, 9.17) is 0 Å². The first kappa shape index (κ1) is 13.0. The van der Waals surface area contributed by atoms with Gasteiger partial charge in [0.25, 0.3) is 0 Å². The minimum absolute atomic E-state index is 0.0801. The van der Waals surface area contributed by atoms with E-state index in [9.17, 15) is 4.79 Å². The first-order valence-corrected chi connectivity index (χ1v) is 6.07. The van der Waals surface area contributed by atoms with Gasteiger partial charge < -0.3 is 5.32 Å². The van der Waals surface area contributed by atoms with Crippen molar-refractivity contribution in [2.75, 3.05) is 6.54 Å². The van der Waals surface area contributed by atoms with Gasteiger partial charge in [0.15, 0.2) is 5.78 Å². The van der Waals surface area contributed by atoms with Gasteiger partial charge in [0.05, 0.1) is 0 Å². The molecule has 1 N–H and O–H groups in total. The summed E-state index contributed by atoms with van der Waals surface area (Å²) in [7, 11) is 0. The maximum absolute atomic E-state index is 11.7. The zero-order valence-electron chi connectivity index (χ0n) is 9.80. The van der Waals surface area contributed by atoms with Crippen molar-refractivity contribution in [3.8, 4) is 0 Å². The van der Waals surface area contributed by atoms with Crippen molar-refractivity contribution >= 4 is 27.3 Å². The van der Waals surface area contributed by atoms with E-state index in [0.29, 0.717) is 0 Å². The second kappa shape index (κ2) is 5.85. The minimum Gasteiger partial charge on any atom is -0.388 e. The third kappa shape index (κ3) is 3.20. The zero-order chi connectivity index (χ0) is 12.1. The highest BCUT2D eigenvalue weighted by molar-refractivity contribution is 9.10. The number of halogens is 1. The van der Waals surface area contributed by atoms with Crippen LogP contribution in [0.3, 0.4) is 0 Å². The molecule has 0 aliphatic heterocycles. The van der Waals surface area contributed by atoms with Crippen molar-refractivity contribution in [2.45, 2.75) is 20.8 Å². The van der Waals surface area contributed by atoms with Crippen LogP contribution in [0.2, 0.25) is 0 Å². The summed E-state index contributed by atoms with van der Waals surface area (Å²) in [6.45, 7) is 6.36. The molecule has 0 heterocycles. The standard InChI is InChI=1S/C13H16BrNO/c1-4-15-9(2)13(10(3)16)11-6-5-7-12(14)8-11/h5-8,15H,4H2,1-3H3/b13-9-. The normalized spacial score (nSPS) is 12.0. The Morgan fingerprint density at radius 2 is 2.06 bits per heavy atom. The molecular formula is C13H16BrNO. The molecule has 16 heavy (non-hydrogen) atoms. The summed E-state index contributed by atoms with van der Waals surface area (Å²) >= 11 is 3.41. The lowest BCUT2D eigenvalue weighted by Crippen LogP contribution is -2.14. The first-order valence-electron chi connectivity index (χ1n) is 5.28. The van der Waals surface area contributed by atoms with Gasteiger partial charge in [0, 0.05) is 22.3 Å². The van der Waals surface area contributed by atoms with E-state index in [-0.39, 0.29) is 5.78 Å². The number of ketones is 1. The smallest absolute Gasteiger partial charge is 0.162 e. The Morgan fingerprint density at radius 1 is 1.38 bits per heavy atom. The molecule has 0 amide bonds. The zero-order valence-corrected chi connectivity index (χ0v) is 11.4. The fraction of sp³-hybridized carbons (Fsp3) is 0.308. The molecule has 1 aromatic carbocycles. The van der Waals surface area contributed by atoms with Crippen molar-refractivity contribution in [1.29, 1.82) is 0 Å². The van der Waals surface area contributed by atoms with Crippen molar-refractivity contribution in [3.05, 3.63) is 40.0 Å². The fourth-order valence-electron chi connectivity index (χ4n) is 1.68. The lowest BCUT2D eigenvalue weighted by molar-refractivity contribution is -0.111. The van der Waals surface area contributed by atoms with E-state index >= 15 is 0 Å². The average Bonchev–Trinajstić information content (AvgIpc) is 2.17. The van der Waals surface area contributed by atoms with Gasteiger partial charge in [-0.2, -0.15) is 0 Å². The molecule has 0 bridgehead atoms. The number of hydrogen-bond donors (Lipinski definition) is 1. The first-order chi connectivity index (χ1) is 7.56. The van der Waals surface area contributed by atoms with E-state index < -0.39 is 0 Å². The fourth-order valence-corrected chi connectivity index (χ4v) is 2.08. The number of rotatable bonds is 4. The average molecular weight is 282 g/mol. The van der Waals surface area contributed by atoms with Crippen LogP contribution in [0.25, 0.3) is 5.57 Å². The topological polar surface area (TPSA) is 29.1 Å². The molecule has 3 heteroatoms. The Labute approximate surface area is 105 Å². The van der Waals surface area contributed by atoms with Gasteiger partial charge in [0.1, 0.15) is 0 Å². The van der Waals surface area contributed by atoms with Gasteiger partial charge in [-0.1, -0.05) is 28.1 Å². The van der Waals surface area contributed by atoms with Gasteiger partial charge in [-0.05, 0) is 38.5 Å². The van der Waals surface area contributed by atoms with E-state index in [1.807, 2.05) is 38.1 Å². The Kier molecular flexibility index (Phi) is 4.74. The predicted octanol–water partition coefficient (Wildman–Crippen LogP) is 3.38. The largest absolute Gasteiger partial charge is 0.388 e. The molecule has 0 radical (unpaired) electrons. The number of carbonyl (C=O) groups is 1. The van der Waals surface area contributed by atoms with Gasteiger partial charge in [-0.25, -0.2) is 0 Å². The minimum atomic E-state index is 0.0801.